The second-order valence-electron chi connectivity index (χ2n) is 4.87. The summed E-state index contributed by atoms with van der Waals surface area (Å²) in [6, 6.07) is 7.69. The Kier molecular flexibility index (Phi) is 4.76. The number of hydrogen-bond acceptors (Lipinski definition) is 5. The molecule has 122 valence electrons. The maximum Gasteiger partial charge on any atom is 0.251 e. The van der Waals surface area contributed by atoms with Crippen molar-refractivity contribution < 1.29 is 9.18 Å². The van der Waals surface area contributed by atoms with Crippen LogP contribution in [0.4, 0.5) is 10.3 Å². The molecule has 0 saturated carbocycles. The molecule has 0 aliphatic rings. The fourth-order valence-electron chi connectivity index (χ4n) is 2.09. The number of amides is 1. The van der Waals surface area contributed by atoms with Crippen molar-refractivity contribution in [1.29, 1.82) is 0 Å². The van der Waals surface area contributed by atoms with E-state index in [4.69, 9.17) is 0 Å². The maximum absolute atomic E-state index is 14.1. The van der Waals surface area contributed by atoms with Gasteiger partial charge >= 0.3 is 0 Å². The molecule has 0 fully saturated rings. The maximum atomic E-state index is 14.1. The van der Waals surface area contributed by atoms with Gasteiger partial charge in [0.1, 0.15) is 11.5 Å². The molecule has 1 aromatic carbocycles. The van der Waals surface area contributed by atoms with Crippen molar-refractivity contribution in [2.45, 2.75) is 0 Å². The lowest BCUT2D eigenvalue weighted by Gasteiger charge is -2.08. The lowest BCUT2D eigenvalue weighted by molar-refractivity contribution is 0.0954. The van der Waals surface area contributed by atoms with Crippen LogP contribution in [-0.4, -0.2) is 38.7 Å². The Hall–Kier alpha value is -3.29. The molecule has 3 rings (SSSR count). The van der Waals surface area contributed by atoms with Gasteiger partial charge < -0.3 is 10.6 Å². The Balaban J connectivity index is 1.54. The van der Waals surface area contributed by atoms with Crippen molar-refractivity contribution in [3.8, 4) is 5.69 Å². The zero-order chi connectivity index (χ0) is 16.8. The molecule has 0 aliphatic carbocycles. The quantitative estimate of drug-likeness (QED) is 0.673. The predicted molar refractivity (Wildman–Crippen MR) is 86.4 cm³/mol. The predicted octanol–water partition coefficient (Wildman–Crippen LogP) is 1.64. The van der Waals surface area contributed by atoms with E-state index >= 15 is 0 Å². The van der Waals surface area contributed by atoms with E-state index in [0.29, 0.717) is 24.7 Å². The molecule has 2 aromatic heterocycles. The molecule has 7 nitrogen and oxygen atoms in total. The van der Waals surface area contributed by atoms with Crippen LogP contribution in [0.25, 0.3) is 5.69 Å². The number of aromatic nitrogens is 4. The molecule has 24 heavy (non-hydrogen) atoms. The van der Waals surface area contributed by atoms with Crippen LogP contribution >= 0.6 is 0 Å². The first-order valence-electron chi connectivity index (χ1n) is 7.33. The first-order chi connectivity index (χ1) is 11.7. The van der Waals surface area contributed by atoms with Crippen LogP contribution in [0, 0.1) is 5.82 Å². The minimum absolute atomic E-state index is 0.249. The number of anilines is 1. The molecule has 0 saturated heterocycles. The van der Waals surface area contributed by atoms with Gasteiger partial charge in [-0.15, -0.1) is 0 Å². The number of carbonyl (C=O) groups excluding carboxylic acids is 1. The number of halogens is 1. The number of rotatable bonds is 6. The van der Waals surface area contributed by atoms with Gasteiger partial charge in [-0.25, -0.2) is 19.0 Å². The molecular formula is C16H15FN6O. The molecule has 0 spiro atoms. The van der Waals surface area contributed by atoms with E-state index < -0.39 is 5.82 Å². The monoisotopic (exact) mass is 326 g/mol. The Bertz CT molecular complexity index is 807. The molecule has 0 bridgehead atoms. The Morgan fingerprint density at radius 1 is 1.12 bits per heavy atom. The molecule has 2 heterocycles. The number of hydrogen-bond donors (Lipinski definition) is 2. The van der Waals surface area contributed by atoms with Crippen molar-refractivity contribution in [2.75, 3.05) is 18.4 Å². The standard InChI is InChI=1S/C16H15FN6O/c17-13-11-12(3-4-14(13)23-10-2-7-22-23)15(24)18-8-9-21-16-19-5-1-6-20-16/h1-7,10-11H,8-9H2,(H,18,24)(H,19,20,21). The second-order valence-corrected chi connectivity index (χ2v) is 4.87. The Morgan fingerprint density at radius 2 is 1.96 bits per heavy atom. The van der Waals surface area contributed by atoms with Crippen LogP contribution in [0.2, 0.25) is 0 Å². The van der Waals surface area contributed by atoms with Crippen molar-refractivity contribution in [1.82, 2.24) is 25.1 Å². The summed E-state index contributed by atoms with van der Waals surface area (Å²) in [6.45, 7) is 0.823. The van der Waals surface area contributed by atoms with Crippen molar-refractivity contribution in [3.05, 3.63) is 66.5 Å². The number of carbonyl (C=O) groups is 1. The topological polar surface area (TPSA) is 84.7 Å². The molecule has 1 amide bonds. The minimum atomic E-state index is -0.512. The lowest BCUT2D eigenvalue weighted by Crippen LogP contribution is -2.29. The highest BCUT2D eigenvalue weighted by molar-refractivity contribution is 5.94. The van der Waals surface area contributed by atoms with Gasteiger partial charge in [-0.05, 0) is 30.3 Å². The van der Waals surface area contributed by atoms with Gasteiger partial charge in [-0.3, -0.25) is 4.79 Å². The molecule has 0 unspecified atom stereocenters. The van der Waals surface area contributed by atoms with E-state index in [1.54, 1.807) is 43.0 Å². The molecule has 8 heteroatoms. The molecule has 3 aromatic rings. The molecule has 0 aliphatic heterocycles. The van der Waals surface area contributed by atoms with E-state index in [1.807, 2.05) is 0 Å². The second kappa shape index (κ2) is 7.32. The number of nitrogens with zero attached hydrogens (tertiary/aromatic N) is 4. The van der Waals surface area contributed by atoms with Crippen LogP contribution in [0.1, 0.15) is 10.4 Å². The van der Waals surface area contributed by atoms with Gasteiger partial charge in [0, 0.05) is 43.4 Å². The summed E-state index contributed by atoms with van der Waals surface area (Å²) < 4.78 is 15.5. The third kappa shape index (κ3) is 3.72. The van der Waals surface area contributed by atoms with E-state index in [1.165, 1.54) is 16.8 Å². The summed E-state index contributed by atoms with van der Waals surface area (Å²) in [7, 11) is 0. The van der Waals surface area contributed by atoms with Gasteiger partial charge in [-0.1, -0.05) is 0 Å². The summed E-state index contributed by atoms with van der Waals surface area (Å²) in [6.07, 6.45) is 6.44. The van der Waals surface area contributed by atoms with Crippen LogP contribution in [-0.2, 0) is 0 Å². The van der Waals surface area contributed by atoms with E-state index in [2.05, 4.69) is 25.7 Å². The van der Waals surface area contributed by atoms with Crippen LogP contribution in [0.3, 0.4) is 0 Å². The first-order valence-corrected chi connectivity index (χ1v) is 7.33. The van der Waals surface area contributed by atoms with Crippen LogP contribution in [0.5, 0.6) is 0 Å². The van der Waals surface area contributed by atoms with Gasteiger partial charge in [0.2, 0.25) is 5.95 Å². The van der Waals surface area contributed by atoms with Crippen molar-refractivity contribution in [2.24, 2.45) is 0 Å². The van der Waals surface area contributed by atoms with Gasteiger partial charge in [0.25, 0.3) is 5.91 Å². The molecule has 0 radical (unpaired) electrons. The largest absolute Gasteiger partial charge is 0.352 e. The van der Waals surface area contributed by atoms with Crippen LogP contribution < -0.4 is 10.6 Å². The Labute approximate surface area is 137 Å². The average Bonchev–Trinajstić information content (AvgIpc) is 3.13. The summed E-state index contributed by atoms with van der Waals surface area (Å²) in [4.78, 5) is 20.1. The van der Waals surface area contributed by atoms with E-state index in [0.717, 1.165) is 0 Å². The van der Waals surface area contributed by atoms with Gasteiger partial charge in [0.05, 0.1) is 0 Å². The number of benzene rings is 1. The first kappa shape index (κ1) is 15.6. The van der Waals surface area contributed by atoms with Crippen molar-refractivity contribution in [3.63, 3.8) is 0 Å². The van der Waals surface area contributed by atoms with Gasteiger partial charge in [-0.2, -0.15) is 5.10 Å². The summed E-state index contributed by atoms with van der Waals surface area (Å²) in [5.41, 5.74) is 0.541. The highest BCUT2D eigenvalue weighted by Gasteiger charge is 2.10. The normalized spacial score (nSPS) is 10.4. The highest BCUT2D eigenvalue weighted by atomic mass is 19.1. The smallest absolute Gasteiger partial charge is 0.251 e. The average molecular weight is 326 g/mol. The zero-order valence-electron chi connectivity index (χ0n) is 12.7. The zero-order valence-corrected chi connectivity index (χ0v) is 12.7. The molecule has 0 atom stereocenters. The summed E-state index contributed by atoms with van der Waals surface area (Å²) in [5, 5.41) is 9.64. The highest BCUT2D eigenvalue weighted by Crippen LogP contribution is 2.14. The third-order valence-corrected chi connectivity index (χ3v) is 3.22. The van der Waals surface area contributed by atoms with Gasteiger partial charge in [0.15, 0.2) is 0 Å². The van der Waals surface area contributed by atoms with Crippen molar-refractivity contribution >= 4 is 11.9 Å². The fourth-order valence-corrected chi connectivity index (χ4v) is 2.09. The van der Waals surface area contributed by atoms with E-state index in [-0.39, 0.29) is 11.5 Å². The Morgan fingerprint density at radius 3 is 2.67 bits per heavy atom. The fraction of sp³-hybridized carbons (Fsp3) is 0.125. The minimum Gasteiger partial charge on any atom is -0.352 e. The lowest BCUT2D eigenvalue weighted by atomic mass is 10.2. The SMILES string of the molecule is O=C(NCCNc1ncccn1)c1ccc(-n2cccn2)c(F)c1. The molecule has 2 N–H and O–H groups in total. The van der Waals surface area contributed by atoms with E-state index in [9.17, 15) is 9.18 Å². The molecular weight excluding hydrogens is 311 g/mol. The third-order valence-electron chi connectivity index (χ3n) is 3.22. The summed E-state index contributed by atoms with van der Waals surface area (Å²) in [5.74, 6) is -0.375. The summed E-state index contributed by atoms with van der Waals surface area (Å²) >= 11 is 0. The van der Waals surface area contributed by atoms with Crippen LogP contribution in [0.15, 0.2) is 55.1 Å². The number of nitrogens with one attached hydrogen (secondary N) is 2.